The Labute approximate surface area is 131 Å². The van der Waals surface area contributed by atoms with E-state index in [1.807, 2.05) is 76.2 Å². The van der Waals surface area contributed by atoms with Gasteiger partial charge < -0.3 is 0 Å². The Morgan fingerprint density at radius 1 is 0.727 bits per heavy atom. The van der Waals surface area contributed by atoms with E-state index in [1.165, 1.54) is 0 Å². The average Bonchev–Trinajstić information content (AvgIpc) is 2.76. The van der Waals surface area contributed by atoms with Crippen LogP contribution in [0.25, 0.3) is 0 Å². The van der Waals surface area contributed by atoms with Gasteiger partial charge in [-0.3, -0.25) is 0 Å². The van der Waals surface area contributed by atoms with Crippen LogP contribution >= 0.6 is 7.28 Å². The van der Waals surface area contributed by atoms with Crippen LogP contribution in [-0.4, -0.2) is 4.89 Å². The van der Waals surface area contributed by atoms with Gasteiger partial charge in [-0.2, -0.15) is 0 Å². The van der Waals surface area contributed by atoms with Crippen molar-refractivity contribution in [2.75, 3.05) is 0 Å². The Balaban J connectivity index is 2.13. The van der Waals surface area contributed by atoms with Crippen LogP contribution < -0.4 is 10.6 Å². The maximum absolute atomic E-state index is 12.0. The molecule has 4 heteroatoms. The van der Waals surface area contributed by atoms with Crippen LogP contribution in [0.5, 0.6) is 0 Å². The first-order valence-corrected chi connectivity index (χ1v) is 9.60. The topological polar surface area (TPSA) is 38.7 Å². The Morgan fingerprint density at radius 2 is 1.09 bits per heavy atom. The molecule has 1 N–H and O–H groups in total. The van der Waals surface area contributed by atoms with E-state index in [0.717, 1.165) is 21.7 Å². The zero-order valence-electron chi connectivity index (χ0n) is 13.3. The molecule has 0 amide bonds. The second kappa shape index (κ2) is 3.80. The predicted molar refractivity (Wildman–Crippen MR) is 89.5 cm³/mol. The van der Waals surface area contributed by atoms with Gasteiger partial charge in [0, 0.05) is 0 Å². The molecule has 0 bridgehead atoms. The molecule has 4 rings (SSSR count). The molecule has 2 heterocycles. The van der Waals surface area contributed by atoms with Crippen LogP contribution in [-0.2, 0) is 20.2 Å². The molecule has 0 radical (unpaired) electrons. The van der Waals surface area contributed by atoms with Crippen molar-refractivity contribution in [1.29, 1.82) is 0 Å². The Hall–Kier alpha value is -1.25. The molecular weight excluding hydrogens is 295 g/mol. The Bertz CT molecular complexity index is 729. The van der Waals surface area contributed by atoms with E-state index in [0.29, 0.717) is 0 Å². The summed E-state index contributed by atoms with van der Waals surface area (Å²) in [6.45, 7) is 7.95. The molecule has 0 atom stereocenters. The normalized spacial score (nSPS) is 26.9. The summed E-state index contributed by atoms with van der Waals surface area (Å²) in [4.78, 5) is 12.0. The molecule has 0 fully saturated rings. The molecule has 0 aliphatic carbocycles. The number of hydrogen-bond acceptors (Lipinski definition) is 3. The number of rotatable bonds is 0. The van der Waals surface area contributed by atoms with Gasteiger partial charge in [-0.05, 0) is 0 Å². The standard InChI is InChI=1S/C18H21O3P/c1-17(2)13-9-5-7-11-15(13)22(19,20-17)16-12-8-6-10-14(16)18(3,4)21-22/h5-12,19H,1-4H3. The van der Waals surface area contributed by atoms with Crippen molar-refractivity contribution in [1.82, 2.24) is 0 Å². The van der Waals surface area contributed by atoms with Crippen molar-refractivity contribution in [2.45, 2.75) is 38.9 Å². The minimum absolute atomic E-state index is 0.587. The van der Waals surface area contributed by atoms with Gasteiger partial charge in [-0.25, -0.2) is 0 Å². The quantitative estimate of drug-likeness (QED) is 0.757. The zero-order chi connectivity index (χ0) is 15.8. The van der Waals surface area contributed by atoms with Gasteiger partial charge in [0.1, 0.15) is 0 Å². The second-order valence-electron chi connectivity index (χ2n) is 7.15. The van der Waals surface area contributed by atoms with E-state index in [2.05, 4.69) is 0 Å². The van der Waals surface area contributed by atoms with E-state index in [4.69, 9.17) is 9.05 Å². The van der Waals surface area contributed by atoms with Crippen LogP contribution in [0.1, 0.15) is 38.8 Å². The fourth-order valence-corrected chi connectivity index (χ4v) is 8.76. The predicted octanol–water partition coefficient (Wildman–Crippen LogP) is 3.46. The summed E-state index contributed by atoms with van der Waals surface area (Å²) in [5, 5.41) is 1.60. The molecule has 3 nitrogen and oxygen atoms in total. The molecule has 2 aromatic rings. The monoisotopic (exact) mass is 316 g/mol. The summed E-state index contributed by atoms with van der Waals surface area (Å²) >= 11 is 0. The molecule has 2 aliphatic rings. The molecular formula is C18H21O3P. The van der Waals surface area contributed by atoms with Crippen molar-refractivity contribution in [3.8, 4) is 0 Å². The van der Waals surface area contributed by atoms with Crippen LogP contribution in [0.2, 0.25) is 0 Å². The fourth-order valence-electron chi connectivity index (χ4n) is 3.94. The number of fused-ring (bicyclic) bond motifs is 4. The minimum atomic E-state index is -4.08. The van der Waals surface area contributed by atoms with Crippen LogP contribution in [0, 0.1) is 0 Å². The third kappa shape index (κ3) is 1.50. The summed E-state index contributed by atoms with van der Waals surface area (Å²) in [5.41, 5.74) is 0.832. The Morgan fingerprint density at radius 3 is 1.50 bits per heavy atom. The molecule has 2 aromatic carbocycles. The van der Waals surface area contributed by atoms with Crippen LogP contribution in [0.15, 0.2) is 48.5 Å². The first-order valence-electron chi connectivity index (χ1n) is 7.58. The van der Waals surface area contributed by atoms with Gasteiger partial charge >= 0.3 is 130 Å². The van der Waals surface area contributed by atoms with E-state index < -0.39 is 18.5 Å². The summed E-state index contributed by atoms with van der Waals surface area (Å²) in [5.74, 6) is 0. The van der Waals surface area contributed by atoms with Gasteiger partial charge in [-0.15, -0.1) is 0 Å². The maximum atomic E-state index is 12.0. The van der Waals surface area contributed by atoms with E-state index in [-0.39, 0.29) is 0 Å². The van der Waals surface area contributed by atoms with Gasteiger partial charge in [0.05, 0.1) is 0 Å². The molecule has 116 valence electrons. The summed E-state index contributed by atoms with van der Waals surface area (Å²) in [6.07, 6.45) is 0. The van der Waals surface area contributed by atoms with Crippen LogP contribution in [0.4, 0.5) is 0 Å². The molecule has 0 saturated carbocycles. The van der Waals surface area contributed by atoms with E-state index in [9.17, 15) is 4.89 Å². The molecule has 22 heavy (non-hydrogen) atoms. The van der Waals surface area contributed by atoms with E-state index in [1.54, 1.807) is 0 Å². The summed E-state index contributed by atoms with van der Waals surface area (Å²) in [6, 6.07) is 15.8. The van der Waals surface area contributed by atoms with Gasteiger partial charge in [0.25, 0.3) is 0 Å². The third-order valence-corrected chi connectivity index (χ3v) is 8.82. The zero-order valence-corrected chi connectivity index (χ0v) is 14.2. The first kappa shape index (κ1) is 14.3. The van der Waals surface area contributed by atoms with Crippen molar-refractivity contribution in [2.24, 2.45) is 0 Å². The number of benzene rings is 2. The van der Waals surface area contributed by atoms with Gasteiger partial charge in [0.15, 0.2) is 0 Å². The number of hydrogen-bond donors (Lipinski definition) is 1. The molecule has 0 aromatic heterocycles. The van der Waals surface area contributed by atoms with Gasteiger partial charge in [-0.1, -0.05) is 0 Å². The summed E-state index contributed by atoms with van der Waals surface area (Å²) in [7, 11) is -4.08. The van der Waals surface area contributed by atoms with Crippen molar-refractivity contribution < 1.29 is 13.9 Å². The molecule has 0 unspecified atom stereocenters. The fraction of sp³-hybridized carbons (Fsp3) is 0.333. The molecule has 1 spiro atoms. The van der Waals surface area contributed by atoms with Crippen molar-refractivity contribution in [3.63, 3.8) is 0 Å². The van der Waals surface area contributed by atoms with E-state index >= 15 is 0 Å². The summed E-state index contributed by atoms with van der Waals surface area (Å²) < 4.78 is 12.8. The molecule has 0 saturated heterocycles. The second-order valence-corrected chi connectivity index (χ2v) is 10.3. The van der Waals surface area contributed by atoms with Gasteiger partial charge in [0.2, 0.25) is 0 Å². The average molecular weight is 316 g/mol. The third-order valence-electron chi connectivity index (χ3n) is 4.75. The van der Waals surface area contributed by atoms with Crippen molar-refractivity contribution >= 4 is 17.9 Å². The van der Waals surface area contributed by atoms with Crippen LogP contribution in [0.3, 0.4) is 0 Å². The van der Waals surface area contributed by atoms with Crippen molar-refractivity contribution in [3.05, 3.63) is 59.7 Å². The molecule has 2 aliphatic heterocycles. The Kier molecular flexibility index (Phi) is 2.48. The first-order chi connectivity index (χ1) is 10.2. The SMILES string of the molecule is CC1(C)OP2(O)(OC(C)(C)c3ccccc32)c2ccccc21.